The van der Waals surface area contributed by atoms with Crippen LogP contribution in [-0.4, -0.2) is 40.6 Å². The average Bonchev–Trinajstić information content (AvgIpc) is 2.67. The van der Waals surface area contributed by atoms with Crippen molar-refractivity contribution in [2.75, 3.05) is 25.0 Å². The summed E-state index contributed by atoms with van der Waals surface area (Å²) >= 11 is 0. The van der Waals surface area contributed by atoms with E-state index >= 15 is 0 Å². The summed E-state index contributed by atoms with van der Waals surface area (Å²) in [6.07, 6.45) is 1.58. The van der Waals surface area contributed by atoms with E-state index in [9.17, 15) is 9.59 Å². The first-order chi connectivity index (χ1) is 13.4. The molecule has 148 valence electrons. The van der Waals surface area contributed by atoms with E-state index in [2.05, 4.69) is 21.9 Å². The molecule has 2 heterocycles. The lowest BCUT2D eigenvalue weighted by atomic mass is 9.93. The number of H-pyrrole nitrogens is 1. The number of urea groups is 1. The van der Waals surface area contributed by atoms with Crippen molar-refractivity contribution in [1.82, 2.24) is 14.9 Å². The first kappa shape index (κ1) is 19.7. The lowest BCUT2D eigenvalue weighted by molar-refractivity contribution is 0.194. The summed E-state index contributed by atoms with van der Waals surface area (Å²) in [5.41, 5.74) is 2.36. The third-order valence-corrected chi connectivity index (χ3v) is 4.67. The predicted molar refractivity (Wildman–Crippen MR) is 109 cm³/mol. The molecule has 1 aromatic carbocycles. The number of anilines is 1. The third kappa shape index (κ3) is 5.22. The molecule has 1 saturated heterocycles. The Bertz CT molecular complexity index is 897. The smallest absolute Gasteiger partial charge is 0.321 e. The number of amides is 2. The Morgan fingerprint density at radius 1 is 1.32 bits per heavy atom. The fourth-order valence-corrected chi connectivity index (χ4v) is 3.23. The molecule has 0 aliphatic carbocycles. The van der Waals surface area contributed by atoms with Crippen molar-refractivity contribution in [3.63, 3.8) is 0 Å². The van der Waals surface area contributed by atoms with Gasteiger partial charge in [-0.2, -0.15) is 0 Å². The van der Waals surface area contributed by atoms with Gasteiger partial charge in [0.05, 0.1) is 5.69 Å². The summed E-state index contributed by atoms with van der Waals surface area (Å²) in [5.74, 6) is 1.57. The van der Waals surface area contributed by atoms with E-state index in [1.807, 2.05) is 31.2 Å². The van der Waals surface area contributed by atoms with E-state index in [-0.39, 0.29) is 17.5 Å². The van der Waals surface area contributed by atoms with Crippen molar-refractivity contribution in [3.8, 4) is 5.75 Å². The van der Waals surface area contributed by atoms with E-state index in [0.29, 0.717) is 25.5 Å². The highest BCUT2D eigenvalue weighted by Crippen LogP contribution is 2.26. The highest BCUT2D eigenvalue weighted by molar-refractivity contribution is 5.89. The van der Waals surface area contributed by atoms with Crippen LogP contribution in [0.1, 0.15) is 37.2 Å². The van der Waals surface area contributed by atoms with Crippen LogP contribution >= 0.6 is 0 Å². The SMILES string of the molecule is C=C(C)COc1ccc(NC(=O)N2CCC(c3cc(=O)[nH]c(C)n3)CC2)cc1. The number of piperidine rings is 1. The largest absolute Gasteiger partial charge is 0.489 e. The zero-order valence-electron chi connectivity index (χ0n) is 16.3. The summed E-state index contributed by atoms with van der Waals surface area (Å²) in [6.45, 7) is 9.22. The molecule has 0 spiro atoms. The summed E-state index contributed by atoms with van der Waals surface area (Å²) in [4.78, 5) is 33.1. The summed E-state index contributed by atoms with van der Waals surface area (Å²) in [5, 5.41) is 2.92. The minimum Gasteiger partial charge on any atom is -0.489 e. The Kier molecular flexibility index (Phi) is 6.13. The minimum absolute atomic E-state index is 0.121. The number of ether oxygens (including phenoxy) is 1. The van der Waals surface area contributed by atoms with Crippen molar-refractivity contribution < 1.29 is 9.53 Å². The number of aromatic nitrogens is 2. The molecule has 2 N–H and O–H groups in total. The zero-order chi connectivity index (χ0) is 20.1. The minimum atomic E-state index is -0.127. The average molecular weight is 382 g/mol. The molecule has 0 atom stereocenters. The first-order valence-corrected chi connectivity index (χ1v) is 9.42. The second-order valence-corrected chi connectivity index (χ2v) is 7.22. The van der Waals surface area contributed by atoms with Crippen LogP contribution in [-0.2, 0) is 0 Å². The molecule has 0 unspecified atom stereocenters. The molecule has 3 rings (SSSR count). The fourth-order valence-electron chi connectivity index (χ4n) is 3.23. The maximum Gasteiger partial charge on any atom is 0.321 e. The lowest BCUT2D eigenvalue weighted by Crippen LogP contribution is -2.40. The number of hydrogen-bond donors (Lipinski definition) is 2. The molecule has 7 nitrogen and oxygen atoms in total. The van der Waals surface area contributed by atoms with Gasteiger partial charge in [-0.1, -0.05) is 6.58 Å². The van der Waals surface area contributed by atoms with Gasteiger partial charge in [0.25, 0.3) is 5.56 Å². The fraction of sp³-hybridized carbons (Fsp3) is 0.381. The topological polar surface area (TPSA) is 87.3 Å². The number of likely N-dealkylation sites (tertiary alicyclic amines) is 1. The van der Waals surface area contributed by atoms with Crippen LogP contribution in [0, 0.1) is 6.92 Å². The van der Waals surface area contributed by atoms with Gasteiger partial charge in [0.2, 0.25) is 0 Å². The van der Waals surface area contributed by atoms with Crippen molar-refractivity contribution in [2.24, 2.45) is 0 Å². The van der Waals surface area contributed by atoms with Gasteiger partial charge in [-0.25, -0.2) is 9.78 Å². The van der Waals surface area contributed by atoms with Crippen molar-refractivity contribution >= 4 is 11.7 Å². The number of aromatic amines is 1. The lowest BCUT2D eigenvalue weighted by Gasteiger charge is -2.31. The monoisotopic (exact) mass is 382 g/mol. The quantitative estimate of drug-likeness (QED) is 0.776. The summed E-state index contributed by atoms with van der Waals surface area (Å²) < 4.78 is 5.56. The molecular weight excluding hydrogens is 356 g/mol. The Labute approximate surface area is 164 Å². The number of hydrogen-bond acceptors (Lipinski definition) is 4. The van der Waals surface area contributed by atoms with Crippen LogP contribution in [0.25, 0.3) is 0 Å². The molecular formula is C21H26N4O3. The molecule has 2 amide bonds. The second kappa shape index (κ2) is 8.73. The predicted octanol–water partition coefficient (Wildman–Crippen LogP) is 3.44. The van der Waals surface area contributed by atoms with Crippen LogP contribution in [0.15, 0.2) is 47.3 Å². The number of nitrogens with zero attached hydrogens (tertiary/aromatic N) is 2. The maximum atomic E-state index is 12.5. The Morgan fingerprint density at radius 3 is 2.61 bits per heavy atom. The molecule has 7 heteroatoms. The van der Waals surface area contributed by atoms with Crippen molar-refractivity contribution in [3.05, 3.63) is 64.4 Å². The number of aryl methyl sites for hydroxylation is 1. The molecule has 1 aromatic heterocycles. The molecule has 1 fully saturated rings. The van der Waals surface area contributed by atoms with Crippen LogP contribution in [0.2, 0.25) is 0 Å². The second-order valence-electron chi connectivity index (χ2n) is 7.22. The number of benzene rings is 1. The standard InChI is InChI=1S/C21H26N4O3/c1-14(2)13-28-18-6-4-17(5-7-18)24-21(27)25-10-8-16(9-11-25)19-12-20(26)23-15(3)22-19/h4-7,12,16H,1,8-11,13H2,2-3H3,(H,24,27)(H,22,23,26). The molecule has 0 saturated carbocycles. The number of nitrogens with one attached hydrogen (secondary N) is 2. The van der Waals surface area contributed by atoms with Gasteiger partial charge >= 0.3 is 6.03 Å². The normalized spacial score (nSPS) is 14.6. The van der Waals surface area contributed by atoms with E-state index < -0.39 is 0 Å². The van der Waals surface area contributed by atoms with Crippen LogP contribution in [0.5, 0.6) is 5.75 Å². The molecule has 1 aliphatic heterocycles. The highest BCUT2D eigenvalue weighted by atomic mass is 16.5. The Balaban J connectivity index is 1.52. The molecule has 1 aliphatic rings. The van der Waals surface area contributed by atoms with Gasteiger partial charge in [-0.05, 0) is 56.5 Å². The maximum absolute atomic E-state index is 12.5. The zero-order valence-corrected chi connectivity index (χ0v) is 16.3. The number of carbonyl (C=O) groups is 1. The van der Waals surface area contributed by atoms with Gasteiger partial charge in [0.1, 0.15) is 18.2 Å². The van der Waals surface area contributed by atoms with Gasteiger partial charge in [0, 0.05) is 30.8 Å². The van der Waals surface area contributed by atoms with Crippen molar-refractivity contribution in [2.45, 2.75) is 32.6 Å². The van der Waals surface area contributed by atoms with E-state index in [0.717, 1.165) is 35.5 Å². The first-order valence-electron chi connectivity index (χ1n) is 9.42. The van der Waals surface area contributed by atoms with Gasteiger partial charge in [-0.3, -0.25) is 4.79 Å². The number of rotatable bonds is 5. The highest BCUT2D eigenvalue weighted by Gasteiger charge is 2.25. The van der Waals surface area contributed by atoms with Gasteiger partial charge in [0.15, 0.2) is 0 Å². The number of carbonyl (C=O) groups excluding carboxylic acids is 1. The van der Waals surface area contributed by atoms with Crippen LogP contribution in [0.3, 0.4) is 0 Å². The van der Waals surface area contributed by atoms with Gasteiger partial charge < -0.3 is 19.9 Å². The van der Waals surface area contributed by atoms with Gasteiger partial charge in [-0.15, -0.1) is 0 Å². The Morgan fingerprint density at radius 2 is 2.00 bits per heavy atom. The molecule has 0 bridgehead atoms. The van der Waals surface area contributed by atoms with E-state index in [1.54, 1.807) is 17.9 Å². The Hall–Kier alpha value is -3.09. The summed E-state index contributed by atoms with van der Waals surface area (Å²) in [6, 6.07) is 8.73. The molecule has 28 heavy (non-hydrogen) atoms. The molecule has 0 radical (unpaired) electrons. The molecule has 2 aromatic rings. The van der Waals surface area contributed by atoms with E-state index in [4.69, 9.17) is 4.74 Å². The van der Waals surface area contributed by atoms with Crippen LogP contribution < -0.4 is 15.6 Å². The third-order valence-electron chi connectivity index (χ3n) is 4.67. The van der Waals surface area contributed by atoms with Crippen molar-refractivity contribution in [1.29, 1.82) is 0 Å². The van der Waals surface area contributed by atoms with E-state index in [1.165, 1.54) is 0 Å². The van der Waals surface area contributed by atoms with Crippen LogP contribution in [0.4, 0.5) is 10.5 Å². The summed E-state index contributed by atoms with van der Waals surface area (Å²) in [7, 11) is 0.